The summed E-state index contributed by atoms with van der Waals surface area (Å²) in [6, 6.07) is 0. The first-order valence-corrected chi connectivity index (χ1v) is 6.40. The van der Waals surface area contributed by atoms with Crippen molar-refractivity contribution in [2.24, 2.45) is 0 Å². The molecule has 18 heavy (non-hydrogen) atoms. The highest BCUT2D eigenvalue weighted by Gasteiger charge is 2.22. The fourth-order valence-electron chi connectivity index (χ4n) is 1.16. The molecular formula is C11H18N2O4S. The number of ether oxygens (including phenoxy) is 1. The van der Waals surface area contributed by atoms with E-state index in [0.717, 1.165) is 0 Å². The number of carbonyl (C=O) groups excluding carboxylic acids is 1. The Morgan fingerprint density at radius 1 is 1.56 bits per heavy atom. The Balaban J connectivity index is 2.37. The van der Waals surface area contributed by atoms with Crippen LogP contribution in [0.5, 0.6) is 0 Å². The molecular weight excluding hydrogens is 256 g/mol. The lowest BCUT2D eigenvalue weighted by Crippen LogP contribution is -2.38. The normalized spacial score (nSPS) is 14.9. The molecule has 3 N–H and O–H groups in total. The van der Waals surface area contributed by atoms with Crippen LogP contribution in [0.3, 0.4) is 0 Å². The Bertz CT molecular complexity index is 375. The maximum absolute atomic E-state index is 11.3. The minimum Gasteiger partial charge on any atom is -0.444 e. The maximum atomic E-state index is 11.3. The molecule has 0 aliphatic rings. The summed E-state index contributed by atoms with van der Waals surface area (Å²) in [5, 5.41) is 23.9. The summed E-state index contributed by atoms with van der Waals surface area (Å²) in [7, 11) is 0. The molecule has 1 aromatic rings. The number of aliphatic hydroxyl groups excluding tert-OH is 2. The predicted molar refractivity (Wildman–Crippen MR) is 67.3 cm³/mol. The lowest BCUT2D eigenvalue weighted by molar-refractivity contribution is 0.0128. The monoisotopic (exact) mass is 274 g/mol. The molecule has 2 atom stereocenters. The number of carbonyl (C=O) groups is 1. The molecule has 0 saturated carbocycles. The zero-order valence-electron chi connectivity index (χ0n) is 10.6. The number of thiazole rings is 1. The van der Waals surface area contributed by atoms with E-state index >= 15 is 0 Å². The first-order chi connectivity index (χ1) is 8.29. The standard InChI is InChI=1S/C11H18N2O4S/c1-11(2,3)17-10(16)13-6-7(14)8(15)9-12-4-5-18-9/h4-5,7-8,14-15H,6H2,1-3H3,(H,13,16). The van der Waals surface area contributed by atoms with Crippen molar-refractivity contribution in [1.82, 2.24) is 10.3 Å². The molecule has 0 saturated heterocycles. The molecule has 102 valence electrons. The second-order valence-electron chi connectivity index (χ2n) is 4.77. The van der Waals surface area contributed by atoms with E-state index in [-0.39, 0.29) is 6.54 Å². The molecule has 1 heterocycles. The molecule has 0 aromatic carbocycles. The van der Waals surface area contributed by atoms with Gasteiger partial charge in [-0.1, -0.05) is 0 Å². The first kappa shape index (κ1) is 14.9. The molecule has 0 bridgehead atoms. The lowest BCUT2D eigenvalue weighted by atomic mass is 10.2. The molecule has 1 aromatic heterocycles. The third kappa shape index (κ3) is 4.99. The SMILES string of the molecule is CC(C)(C)OC(=O)NCC(O)C(O)c1nccs1. The Labute approximate surface area is 110 Å². The molecule has 1 amide bonds. The van der Waals surface area contributed by atoms with Gasteiger partial charge in [0.25, 0.3) is 0 Å². The first-order valence-electron chi connectivity index (χ1n) is 5.52. The second-order valence-corrected chi connectivity index (χ2v) is 5.69. The van der Waals surface area contributed by atoms with Crippen molar-refractivity contribution < 1.29 is 19.7 Å². The van der Waals surface area contributed by atoms with E-state index in [9.17, 15) is 15.0 Å². The van der Waals surface area contributed by atoms with Gasteiger partial charge in [-0.3, -0.25) is 0 Å². The molecule has 0 fully saturated rings. The number of nitrogens with one attached hydrogen (secondary N) is 1. The number of hydrogen-bond donors (Lipinski definition) is 3. The number of aliphatic hydroxyl groups is 2. The van der Waals surface area contributed by atoms with Crippen molar-refractivity contribution in [1.29, 1.82) is 0 Å². The van der Waals surface area contributed by atoms with E-state index in [1.807, 2.05) is 0 Å². The van der Waals surface area contributed by atoms with Gasteiger partial charge in [0.1, 0.15) is 22.8 Å². The topological polar surface area (TPSA) is 91.7 Å². The molecule has 2 unspecified atom stereocenters. The van der Waals surface area contributed by atoms with Crippen LogP contribution in [-0.2, 0) is 4.74 Å². The van der Waals surface area contributed by atoms with Crippen LogP contribution in [0.25, 0.3) is 0 Å². The molecule has 0 aliphatic carbocycles. The van der Waals surface area contributed by atoms with Gasteiger partial charge in [0.2, 0.25) is 0 Å². The number of hydrogen-bond acceptors (Lipinski definition) is 6. The average molecular weight is 274 g/mol. The fourth-order valence-corrected chi connectivity index (χ4v) is 1.84. The largest absolute Gasteiger partial charge is 0.444 e. The Kier molecular flexibility index (Phi) is 5.06. The number of rotatable bonds is 4. The second kappa shape index (κ2) is 6.12. The van der Waals surface area contributed by atoms with E-state index in [1.165, 1.54) is 17.5 Å². The highest BCUT2D eigenvalue weighted by atomic mass is 32.1. The van der Waals surface area contributed by atoms with Crippen molar-refractivity contribution in [3.05, 3.63) is 16.6 Å². The highest BCUT2D eigenvalue weighted by molar-refractivity contribution is 7.09. The summed E-state index contributed by atoms with van der Waals surface area (Å²) in [6.07, 6.45) is -1.33. The minimum atomic E-state index is -1.12. The van der Waals surface area contributed by atoms with E-state index in [0.29, 0.717) is 5.01 Å². The number of alkyl carbamates (subject to hydrolysis) is 1. The predicted octanol–water partition coefficient (Wildman–Crippen LogP) is 1.06. The highest BCUT2D eigenvalue weighted by Crippen LogP contribution is 2.18. The lowest BCUT2D eigenvalue weighted by Gasteiger charge is -2.21. The molecule has 1 rings (SSSR count). The summed E-state index contributed by atoms with van der Waals surface area (Å²) in [5.74, 6) is 0. The van der Waals surface area contributed by atoms with Crippen molar-refractivity contribution in [2.45, 2.75) is 38.6 Å². The van der Waals surface area contributed by atoms with Gasteiger partial charge in [-0.05, 0) is 20.8 Å². The molecule has 0 spiro atoms. The molecule has 0 aliphatic heterocycles. The van der Waals surface area contributed by atoms with E-state index in [1.54, 1.807) is 26.2 Å². The van der Waals surface area contributed by atoms with Crippen molar-refractivity contribution >= 4 is 17.4 Å². The average Bonchev–Trinajstić information content (AvgIpc) is 2.75. The number of aromatic nitrogens is 1. The van der Waals surface area contributed by atoms with Gasteiger partial charge in [-0.2, -0.15) is 0 Å². The van der Waals surface area contributed by atoms with Crippen LogP contribution >= 0.6 is 11.3 Å². The van der Waals surface area contributed by atoms with Gasteiger partial charge in [0.15, 0.2) is 0 Å². The Morgan fingerprint density at radius 3 is 2.72 bits per heavy atom. The Morgan fingerprint density at radius 2 is 2.22 bits per heavy atom. The fraction of sp³-hybridized carbons (Fsp3) is 0.636. The summed E-state index contributed by atoms with van der Waals surface area (Å²) in [4.78, 5) is 15.2. The third-order valence-corrected chi connectivity index (χ3v) is 2.77. The molecule has 7 heteroatoms. The van der Waals surface area contributed by atoms with Crippen LogP contribution in [0.2, 0.25) is 0 Å². The van der Waals surface area contributed by atoms with Crippen molar-refractivity contribution in [3.63, 3.8) is 0 Å². The molecule has 6 nitrogen and oxygen atoms in total. The van der Waals surface area contributed by atoms with Crippen LogP contribution in [0.1, 0.15) is 31.9 Å². The third-order valence-electron chi connectivity index (χ3n) is 1.92. The summed E-state index contributed by atoms with van der Waals surface area (Å²) in [6.45, 7) is 5.13. The van der Waals surface area contributed by atoms with Crippen LogP contribution in [-0.4, -0.2) is 39.5 Å². The van der Waals surface area contributed by atoms with E-state index in [4.69, 9.17) is 4.74 Å². The number of nitrogens with zero attached hydrogens (tertiary/aromatic N) is 1. The van der Waals surface area contributed by atoms with Gasteiger partial charge >= 0.3 is 6.09 Å². The van der Waals surface area contributed by atoms with Gasteiger partial charge in [0.05, 0.1) is 0 Å². The summed E-state index contributed by atoms with van der Waals surface area (Å²) >= 11 is 1.24. The number of amides is 1. The van der Waals surface area contributed by atoms with Crippen LogP contribution in [0, 0.1) is 0 Å². The maximum Gasteiger partial charge on any atom is 0.407 e. The van der Waals surface area contributed by atoms with Crippen LogP contribution in [0.4, 0.5) is 4.79 Å². The smallest absolute Gasteiger partial charge is 0.407 e. The summed E-state index contributed by atoms with van der Waals surface area (Å²) in [5.41, 5.74) is -0.594. The quantitative estimate of drug-likeness (QED) is 0.763. The minimum absolute atomic E-state index is 0.102. The zero-order valence-corrected chi connectivity index (χ0v) is 11.4. The van der Waals surface area contributed by atoms with E-state index < -0.39 is 23.9 Å². The van der Waals surface area contributed by atoms with Gasteiger partial charge in [-0.25, -0.2) is 9.78 Å². The summed E-state index contributed by atoms with van der Waals surface area (Å²) < 4.78 is 5.00. The van der Waals surface area contributed by atoms with Crippen molar-refractivity contribution in [2.75, 3.05) is 6.54 Å². The van der Waals surface area contributed by atoms with Crippen LogP contribution in [0.15, 0.2) is 11.6 Å². The van der Waals surface area contributed by atoms with Gasteiger partial charge in [0, 0.05) is 18.1 Å². The van der Waals surface area contributed by atoms with E-state index in [2.05, 4.69) is 10.3 Å². The van der Waals surface area contributed by atoms with Gasteiger partial charge < -0.3 is 20.3 Å². The van der Waals surface area contributed by atoms with Gasteiger partial charge in [-0.15, -0.1) is 11.3 Å². The van der Waals surface area contributed by atoms with Crippen LogP contribution < -0.4 is 5.32 Å². The Hall–Kier alpha value is -1.18. The van der Waals surface area contributed by atoms with Crippen molar-refractivity contribution in [3.8, 4) is 0 Å². The molecule has 0 radical (unpaired) electrons. The zero-order chi connectivity index (χ0) is 13.8.